The molecule has 1 aliphatic rings. The van der Waals surface area contributed by atoms with Gasteiger partial charge in [0.2, 0.25) is 17.7 Å². The zero-order valence-corrected chi connectivity index (χ0v) is 14.1. The Morgan fingerprint density at radius 1 is 1.20 bits per heavy atom. The molecule has 1 aromatic rings. The van der Waals surface area contributed by atoms with Crippen molar-refractivity contribution in [1.29, 1.82) is 0 Å². The maximum Gasteiger partial charge on any atom is 0.248 e. The van der Waals surface area contributed by atoms with Crippen LogP contribution in [0.5, 0.6) is 5.75 Å². The first kappa shape index (κ1) is 18.7. The predicted octanol–water partition coefficient (Wildman–Crippen LogP) is -0.0358. The van der Waals surface area contributed by atoms with Crippen molar-refractivity contribution in [2.45, 2.75) is 31.4 Å². The van der Waals surface area contributed by atoms with Crippen LogP contribution in [0.25, 0.3) is 0 Å². The fourth-order valence-corrected chi connectivity index (χ4v) is 2.50. The van der Waals surface area contributed by atoms with Gasteiger partial charge in [-0.25, -0.2) is 0 Å². The van der Waals surface area contributed by atoms with Crippen LogP contribution in [0.15, 0.2) is 24.3 Å². The van der Waals surface area contributed by atoms with Crippen molar-refractivity contribution in [2.24, 2.45) is 5.73 Å². The molecule has 8 heteroatoms. The number of hydrogen-bond acceptors (Lipinski definition) is 5. The van der Waals surface area contributed by atoms with Crippen molar-refractivity contribution in [3.8, 4) is 5.75 Å². The number of carbonyl (C=O) groups excluding carboxylic acids is 3. The van der Waals surface area contributed by atoms with Gasteiger partial charge in [0.25, 0.3) is 0 Å². The molecule has 0 unspecified atom stereocenters. The average Bonchev–Trinajstić information content (AvgIpc) is 2.61. The molecule has 1 heterocycles. The van der Waals surface area contributed by atoms with Gasteiger partial charge in [-0.05, 0) is 30.7 Å². The number of benzene rings is 1. The van der Waals surface area contributed by atoms with E-state index in [-0.39, 0.29) is 36.8 Å². The highest BCUT2D eigenvalue weighted by Gasteiger charge is 2.29. The third kappa shape index (κ3) is 5.75. The van der Waals surface area contributed by atoms with Crippen molar-refractivity contribution in [1.82, 2.24) is 10.6 Å². The summed E-state index contributed by atoms with van der Waals surface area (Å²) in [5.74, 6) is -0.323. The van der Waals surface area contributed by atoms with Gasteiger partial charge in [-0.15, -0.1) is 0 Å². The van der Waals surface area contributed by atoms with Crippen LogP contribution in [0.3, 0.4) is 0 Å². The molecular formula is C17H23N3O5. The quantitative estimate of drug-likeness (QED) is 0.638. The van der Waals surface area contributed by atoms with E-state index in [2.05, 4.69) is 10.6 Å². The smallest absolute Gasteiger partial charge is 0.248 e. The summed E-state index contributed by atoms with van der Waals surface area (Å²) in [6, 6.07) is 6.26. The second-order valence-corrected chi connectivity index (χ2v) is 5.76. The molecule has 136 valence electrons. The molecule has 1 saturated heterocycles. The van der Waals surface area contributed by atoms with Gasteiger partial charge >= 0.3 is 0 Å². The average molecular weight is 349 g/mol. The van der Waals surface area contributed by atoms with Gasteiger partial charge in [-0.1, -0.05) is 0 Å². The van der Waals surface area contributed by atoms with Crippen molar-refractivity contribution < 1.29 is 23.9 Å². The van der Waals surface area contributed by atoms with E-state index in [0.29, 0.717) is 30.9 Å². The lowest BCUT2D eigenvalue weighted by Crippen LogP contribution is -2.51. The van der Waals surface area contributed by atoms with Crippen LogP contribution in [0, 0.1) is 0 Å². The number of nitrogens with one attached hydrogen (secondary N) is 2. The Hall–Kier alpha value is -2.61. The molecule has 0 radical (unpaired) electrons. The Morgan fingerprint density at radius 3 is 2.52 bits per heavy atom. The minimum absolute atomic E-state index is 0.122. The topological polar surface area (TPSA) is 120 Å². The Balaban J connectivity index is 1.92. The first-order chi connectivity index (χ1) is 12.0. The summed E-state index contributed by atoms with van der Waals surface area (Å²) in [4.78, 5) is 34.3. The van der Waals surface area contributed by atoms with Gasteiger partial charge in [0.15, 0.2) is 0 Å². The third-order valence-electron chi connectivity index (χ3n) is 3.93. The molecule has 0 saturated carbocycles. The van der Waals surface area contributed by atoms with E-state index in [1.165, 1.54) is 7.05 Å². The van der Waals surface area contributed by atoms with Crippen LogP contribution in [-0.4, -0.2) is 50.1 Å². The molecule has 25 heavy (non-hydrogen) atoms. The minimum atomic E-state index is -0.506. The number of nitrogens with two attached hydrogens (primary N) is 1. The molecule has 0 spiro atoms. The van der Waals surface area contributed by atoms with E-state index in [9.17, 15) is 14.4 Å². The Bertz CT molecular complexity index is 617. The summed E-state index contributed by atoms with van der Waals surface area (Å²) >= 11 is 0. The molecule has 3 amide bonds. The van der Waals surface area contributed by atoms with Gasteiger partial charge in [-0.3, -0.25) is 14.4 Å². The maximum atomic E-state index is 12.0. The van der Waals surface area contributed by atoms with E-state index in [4.69, 9.17) is 15.2 Å². The second kappa shape index (κ2) is 9.03. The number of rotatable bonds is 7. The first-order valence-corrected chi connectivity index (χ1v) is 8.14. The van der Waals surface area contributed by atoms with Crippen LogP contribution in [-0.2, 0) is 14.3 Å². The summed E-state index contributed by atoms with van der Waals surface area (Å²) in [5, 5.41) is 5.38. The first-order valence-electron chi connectivity index (χ1n) is 8.14. The highest BCUT2D eigenvalue weighted by molar-refractivity contribution is 5.92. The van der Waals surface area contributed by atoms with Crippen LogP contribution in [0.4, 0.5) is 0 Å². The number of amides is 3. The van der Waals surface area contributed by atoms with Crippen LogP contribution >= 0.6 is 0 Å². The molecule has 1 aromatic carbocycles. The Kier molecular flexibility index (Phi) is 6.76. The molecule has 0 aliphatic carbocycles. The van der Waals surface area contributed by atoms with E-state index in [1.807, 2.05) is 0 Å². The lowest BCUT2D eigenvalue weighted by atomic mass is 10.1. The maximum absolute atomic E-state index is 12.0. The fourth-order valence-electron chi connectivity index (χ4n) is 2.50. The highest BCUT2D eigenvalue weighted by atomic mass is 16.5. The second-order valence-electron chi connectivity index (χ2n) is 5.76. The zero-order chi connectivity index (χ0) is 18.2. The number of primary amides is 1. The molecule has 2 atom stereocenters. The van der Waals surface area contributed by atoms with E-state index in [0.717, 1.165) is 0 Å². The summed E-state index contributed by atoms with van der Waals surface area (Å²) < 4.78 is 11.3. The third-order valence-corrected chi connectivity index (χ3v) is 3.93. The van der Waals surface area contributed by atoms with E-state index in [1.54, 1.807) is 24.3 Å². The normalized spacial score (nSPS) is 19.7. The zero-order valence-electron chi connectivity index (χ0n) is 14.1. The predicted molar refractivity (Wildman–Crippen MR) is 90.0 cm³/mol. The molecule has 1 fully saturated rings. The number of ether oxygens (including phenoxy) is 2. The van der Waals surface area contributed by atoms with Gasteiger partial charge in [0, 0.05) is 32.1 Å². The Labute approximate surface area is 146 Å². The van der Waals surface area contributed by atoms with Crippen LogP contribution in [0.1, 0.15) is 29.6 Å². The van der Waals surface area contributed by atoms with E-state index < -0.39 is 5.91 Å². The minimum Gasteiger partial charge on any atom is -0.486 e. The largest absolute Gasteiger partial charge is 0.486 e. The molecule has 4 N–H and O–H groups in total. The molecule has 8 nitrogen and oxygen atoms in total. The molecule has 1 aliphatic heterocycles. The SMILES string of the molecule is CNC(=O)CCC(=O)N[C@@H]1CCOC[C@H]1Oc1ccc(C(N)=O)cc1. The van der Waals surface area contributed by atoms with Crippen LogP contribution in [0.2, 0.25) is 0 Å². The summed E-state index contributed by atoms with van der Waals surface area (Å²) in [6.07, 6.45) is 0.537. The van der Waals surface area contributed by atoms with Gasteiger partial charge in [-0.2, -0.15) is 0 Å². The van der Waals surface area contributed by atoms with Gasteiger partial charge in [0.1, 0.15) is 11.9 Å². The monoisotopic (exact) mass is 349 g/mol. The molecule has 0 bridgehead atoms. The number of carbonyl (C=O) groups is 3. The van der Waals surface area contributed by atoms with Crippen molar-refractivity contribution >= 4 is 17.7 Å². The summed E-state index contributed by atoms with van der Waals surface area (Å²) in [7, 11) is 1.53. The number of hydrogen-bond donors (Lipinski definition) is 3. The van der Waals surface area contributed by atoms with Gasteiger partial charge < -0.3 is 25.8 Å². The lowest BCUT2D eigenvalue weighted by molar-refractivity contribution is -0.127. The van der Waals surface area contributed by atoms with E-state index >= 15 is 0 Å². The van der Waals surface area contributed by atoms with Crippen LogP contribution < -0.4 is 21.1 Å². The van der Waals surface area contributed by atoms with Gasteiger partial charge in [0.05, 0.1) is 12.6 Å². The molecule has 2 rings (SSSR count). The summed E-state index contributed by atoms with van der Waals surface area (Å²) in [5.41, 5.74) is 5.60. The fraction of sp³-hybridized carbons (Fsp3) is 0.471. The lowest BCUT2D eigenvalue weighted by Gasteiger charge is -2.32. The standard InChI is InChI=1S/C17H23N3O5/c1-19-15(21)6-7-16(22)20-13-8-9-24-10-14(13)25-12-4-2-11(3-5-12)17(18)23/h2-5,13-14H,6-10H2,1H3,(H2,18,23)(H,19,21)(H,20,22)/t13-,14-/m1/s1. The molecular weight excluding hydrogens is 326 g/mol. The van der Waals surface area contributed by atoms with Crippen molar-refractivity contribution in [2.75, 3.05) is 20.3 Å². The molecule has 0 aromatic heterocycles. The van der Waals surface area contributed by atoms with Crippen molar-refractivity contribution in [3.05, 3.63) is 29.8 Å². The summed E-state index contributed by atoms with van der Waals surface area (Å²) in [6.45, 7) is 0.874. The van der Waals surface area contributed by atoms with Crippen molar-refractivity contribution in [3.63, 3.8) is 0 Å². The Morgan fingerprint density at radius 2 is 1.88 bits per heavy atom. The highest BCUT2D eigenvalue weighted by Crippen LogP contribution is 2.18.